The topological polar surface area (TPSA) is 60.7 Å². The number of alkyl halides is 5. The van der Waals surface area contributed by atoms with E-state index in [0.717, 1.165) is 0 Å². The Labute approximate surface area is 162 Å². The monoisotopic (exact) mass is 419 g/mol. The van der Waals surface area contributed by atoms with Crippen molar-refractivity contribution in [3.63, 3.8) is 0 Å². The van der Waals surface area contributed by atoms with E-state index in [2.05, 4.69) is 18.9 Å². The number of ether oxygens (including phenoxy) is 4. The highest BCUT2D eigenvalue weighted by Gasteiger charge is 2.44. The summed E-state index contributed by atoms with van der Waals surface area (Å²) in [5, 5.41) is 8.40. The van der Waals surface area contributed by atoms with Crippen molar-refractivity contribution in [2.24, 2.45) is 0 Å². The Morgan fingerprint density at radius 1 is 0.786 bits per heavy atom. The Morgan fingerprint density at radius 3 is 1.68 bits per heavy atom. The summed E-state index contributed by atoms with van der Waals surface area (Å²) in [7, 11) is 0. The van der Waals surface area contributed by atoms with E-state index in [1.54, 1.807) is 12.1 Å². The lowest BCUT2D eigenvalue weighted by atomic mass is 10.1. The summed E-state index contributed by atoms with van der Waals surface area (Å²) in [6.07, 6.45) is -6.98. The quantitative estimate of drug-likeness (QED) is 0.478. The van der Waals surface area contributed by atoms with Crippen LogP contribution in [0.25, 0.3) is 0 Å². The average Bonchev–Trinajstić information content (AvgIpc) is 3.06. The molecule has 0 N–H and O–H groups in total. The van der Waals surface area contributed by atoms with E-state index in [1.165, 1.54) is 24.3 Å². The summed E-state index contributed by atoms with van der Waals surface area (Å²) in [4.78, 5) is 0. The predicted octanol–water partition coefficient (Wildman–Crippen LogP) is 5.46. The van der Waals surface area contributed by atoms with Gasteiger partial charge in [-0.05, 0) is 35.4 Å². The van der Waals surface area contributed by atoms with Crippen LogP contribution in [-0.4, -0.2) is 12.6 Å². The molecule has 0 fully saturated rings. The van der Waals surface area contributed by atoms with Crippen molar-refractivity contribution in [3.05, 3.63) is 47.5 Å². The van der Waals surface area contributed by atoms with Crippen LogP contribution in [-0.2, 0) is 12.3 Å². The molecule has 0 radical (unpaired) electrons. The van der Waals surface area contributed by atoms with Crippen LogP contribution >= 0.6 is 11.6 Å². The van der Waals surface area contributed by atoms with E-state index in [1.807, 2.05) is 6.07 Å². The maximum Gasteiger partial charge on any atom is 0.586 e. The SMILES string of the molecule is C.FC1(F)Oc2ccc(CCl)cc2O1.N#CCc1ccc2c(c1)OC(F)(F)O2. The first-order valence-corrected chi connectivity index (χ1v) is 7.95. The van der Waals surface area contributed by atoms with Crippen LogP contribution in [0.5, 0.6) is 23.0 Å². The molecule has 2 aromatic rings. The number of benzene rings is 2. The van der Waals surface area contributed by atoms with Crippen molar-refractivity contribution in [1.29, 1.82) is 5.26 Å². The number of nitrogens with zero attached hydrogens (tertiary/aromatic N) is 1. The molecule has 2 aliphatic heterocycles. The smallest absolute Gasteiger partial charge is 0.395 e. The number of nitriles is 1. The summed E-state index contributed by atoms with van der Waals surface area (Å²) in [5.41, 5.74) is 1.33. The van der Waals surface area contributed by atoms with Gasteiger partial charge in [-0.3, -0.25) is 0 Å². The van der Waals surface area contributed by atoms with Gasteiger partial charge in [-0.1, -0.05) is 19.6 Å². The standard InChI is InChI=1S/C9H5F2NO2.C8H5ClF2O2.CH4/c10-9(11)13-7-2-1-6(3-4-12)5-8(7)14-9;9-4-5-1-2-6-7(3-5)13-8(10,11)12-6;/h1-2,5H,3H2;1-3H,4H2;1H4. The Hall–Kier alpha value is -2.86. The van der Waals surface area contributed by atoms with Gasteiger partial charge in [0, 0.05) is 5.88 Å². The molecular formula is C18H14ClF4NO4. The predicted molar refractivity (Wildman–Crippen MR) is 90.9 cm³/mol. The van der Waals surface area contributed by atoms with Crippen LogP contribution < -0.4 is 18.9 Å². The largest absolute Gasteiger partial charge is 0.586 e. The molecule has 0 unspecified atom stereocenters. The maximum absolute atomic E-state index is 12.5. The van der Waals surface area contributed by atoms with Gasteiger partial charge < -0.3 is 18.9 Å². The number of hydrogen-bond donors (Lipinski definition) is 0. The number of fused-ring (bicyclic) bond motifs is 2. The molecule has 2 aliphatic rings. The number of rotatable bonds is 2. The molecule has 0 saturated heterocycles. The van der Waals surface area contributed by atoms with Crippen LogP contribution in [0.1, 0.15) is 18.6 Å². The van der Waals surface area contributed by atoms with Gasteiger partial charge in [0.2, 0.25) is 0 Å². The second-order valence-electron chi connectivity index (χ2n) is 5.37. The first-order valence-electron chi connectivity index (χ1n) is 7.42. The zero-order chi connectivity index (χ0) is 19.7. The first-order chi connectivity index (χ1) is 12.7. The second-order valence-corrected chi connectivity index (χ2v) is 5.63. The van der Waals surface area contributed by atoms with E-state index in [9.17, 15) is 17.6 Å². The summed E-state index contributed by atoms with van der Waals surface area (Å²) < 4.78 is 66.9. The molecule has 2 heterocycles. The molecule has 0 amide bonds. The fourth-order valence-corrected chi connectivity index (χ4v) is 2.44. The fourth-order valence-electron chi connectivity index (χ4n) is 2.27. The molecule has 0 bridgehead atoms. The van der Waals surface area contributed by atoms with Gasteiger partial charge in [-0.15, -0.1) is 29.2 Å². The van der Waals surface area contributed by atoms with Crippen molar-refractivity contribution in [1.82, 2.24) is 0 Å². The van der Waals surface area contributed by atoms with Crippen molar-refractivity contribution >= 4 is 11.6 Å². The molecule has 28 heavy (non-hydrogen) atoms. The molecule has 2 aromatic carbocycles. The molecule has 150 valence electrons. The van der Waals surface area contributed by atoms with Crippen molar-refractivity contribution < 1.29 is 36.5 Å². The van der Waals surface area contributed by atoms with E-state index in [4.69, 9.17) is 16.9 Å². The van der Waals surface area contributed by atoms with E-state index >= 15 is 0 Å². The van der Waals surface area contributed by atoms with Gasteiger partial charge in [-0.2, -0.15) is 5.26 Å². The Balaban J connectivity index is 0.000000194. The van der Waals surface area contributed by atoms with Gasteiger partial charge in [-0.25, -0.2) is 0 Å². The van der Waals surface area contributed by atoms with Gasteiger partial charge >= 0.3 is 12.6 Å². The third-order valence-corrected chi connectivity index (χ3v) is 3.68. The van der Waals surface area contributed by atoms with Gasteiger partial charge in [0.25, 0.3) is 0 Å². The first kappa shape index (κ1) is 21.4. The highest BCUT2D eigenvalue weighted by atomic mass is 35.5. The normalized spacial score (nSPS) is 16.3. The summed E-state index contributed by atoms with van der Waals surface area (Å²) in [6.45, 7) is 0. The highest BCUT2D eigenvalue weighted by molar-refractivity contribution is 6.17. The van der Waals surface area contributed by atoms with E-state index < -0.39 is 12.6 Å². The highest BCUT2D eigenvalue weighted by Crippen LogP contribution is 2.42. The third kappa shape index (κ3) is 4.89. The molecule has 0 aliphatic carbocycles. The maximum atomic E-state index is 12.5. The average molecular weight is 420 g/mol. The molecular weight excluding hydrogens is 406 g/mol. The Bertz CT molecular complexity index is 902. The summed E-state index contributed by atoms with van der Waals surface area (Å²) >= 11 is 5.52. The fraction of sp³-hybridized carbons (Fsp3) is 0.278. The Kier molecular flexibility index (Phi) is 6.14. The molecule has 4 rings (SSSR count). The van der Waals surface area contributed by atoms with Crippen LogP contribution in [0.15, 0.2) is 36.4 Å². The van der Waals surface area contributed by atoms with Crippen molar-refractivity contribution in [3.8, 4) is 29.1 Å². The van der Waals surface area contributed by atoms with Crippen LogP contribution in [0, 0.1) is 11.3 Å². The zero-order valence-electron chi connectivity index (χ0n) is 13.3. The molecule has 0 atom stereocenters. The number of hydrogen-bond acceptors (Lipinski definition) is 5. The van der Waals surface area contributed by atoms with Gasteiger partial charge in [0.15, 0.2) is 23.0 Å². The molecule has 5 nitrogen and oxygen atoms in total. The van der Waals surface area contributed by atoms with Gasteiger partial charge in [0.1, 0.15) is 0 Å². The minimum Gasteiger partial charge on any atom is -0.395 e. The zero-order valence-corrected chi connectivity index (χ0v) is 14.1. The molecule has 10 heteroatoms. The molecule has 0 spiro atoms. The molecule has 0 aromatic heterocycles. The van der Waals surface area contributed by atoms with Crippen LogP contribution in [0.2, 0.25) is 0 Å². The van der Waals surface area contributed by atoms with Gasteiger partial charge in [0.05, 0.1) is 12.5 Å². The summed E-state index contributed by atoms with van der Waals surface area (Å²) in [6, 6.07) is 10.7. The lowest BCUT2D eigenvalue weighted by Crippen LogP contribution is -2.25. The van der Waals surface area contributed by atoms with E-state index in [-0.39, 0.29) is 42.7 Å². The minimum atomic E-state index is -3.59. The second kappa shape index (κ2) is 8.02. The lowest BCUT2D eigenvalue weighted by molar-refractivity contribution is -0.287. The Morgan fingerprint density at radius 2 is 1.21 bits per heavy atom. The summed E-state index contributed by atoms with van der Waals surface area (Å²) in [5.74, 6) is 0.295. The lowest BCUT2D eigenvalue weighted by Gasteiger charge is -2.04. The third-order valence-electron chi connectivity index (χ3n) is 3.37. The number of halogens is 5. The van der Waals surface area contributed by atoms with Crippen molar-refractivity contribution in [2.75, 3.05) is 0 Å². The van der Waals surface area contributed by atoms with E-state index in [0.29, 0.717) is 11.1 Å². The van der Waals surface area contributed by atoms with Crippen LogP contribution in [0.4, 0.5) is 17.6 Å². The van der Waals surface area contributed by atoms with Crippen molar-refractivity contribution in [2.45, 2.75) is 32.3 Å². The van der Waals surface area contributed by atoms with Crippen LogP contribution in [0.3, 0.4) is 0 Å². The molecule has 0 saturated carbocycles. The minimum absolute atomic E-state index is 0.